The fourth-order valence-corrected chi connectivity index (χ4v) is 4.28. The standard InChI is InChI=1S/C26H38ClN3O4/c1-4-30(17-18-34-20-19-32-2,16-13-22-7-5-8-23(27)21-22)15-6-14-29(26(28)31)24-9-11-25(33-3)12-10-24/h5,7-12,21H,4,6,13-20H2,1-3H3,(H-,28,31)/p+1. The Bertz CT molecular complexity index is 865. The fourth-order valence-electron chi connectivity index (χ4n) is 4.06. The number of rotatable bonds is 16. The molecular formula is C26H39ClN3O4+. The zero-order valence-corrected chi connectivity index (χ0v) is 21.4. The monoisotopic (exact) mass is 492 g/mol. The Morgan fingerprint density at radius 1 is 1.03 bits per heavy atom. The molecule has 34 heavy (non-hydrogen) atoms. The van der Waals surface area contributed by atoms with Gasteiger partial charge in [-0.2, -0.15) is 0 Å². The van der Waals surface area contributed by atoms with Gasteiger partial charge in [-0.3, -0.25) is 4.90 Å². The number of hydrogen-bond donors (Lipinski definition) is 1. The van der Waals surface area contributed by atoms with Crippen LogP contribution in [0.5, 0.6) is 5.75 Å². The number of nitrogens with zero attached hydrogens (tertiary/aromatic N) is 2. The average Bonchev–Trinajstić information content (AvgIpc) is 2.84. The Kier molecular flexibility index (Phi) is 12.2. The summed E-state index contributed by atoms with van der Waals surface area (Å²) in [5.41, 5.74) is 7.69. The Labute approximate surface area is 208 Å². The van der Waals surface area contributed by atoms with Gasteiger partial charge in [0.2, 0.25) is 0 Å². The second kappa shape index (κ2) is 14.8. The number of nitrogens with two attached hydrogens (primary N) is 1. The molecule has 2 amide bonds. The van der Waals surface area contributed by atoms with E-state index >= 15 is 0 Å². The number of anilines is 1. The first-order valence-corrected chi connectivity index (χ1v) is 12.2. The molecule has 0 aliphatic heterocycles. The number of quaternary nitrogens is 1. The van der Waals surface area contributed by atoms with E-state index in [-0.39, 0.29) is 0 Å². The minimum atomic E-state index is -0.457. The van der Waals surface area contributed by atoms with Crippen LogP contribution in [0.2, 0.25) is 5.02 Å². The minimum absolute atomic E-state index is 0.457. The summed E-state index contributed by atoms with van der Waals surface area (Å²) in [6.45, 7) is 8.31. The summed E-state index contributed by atoms with van der Waals surface area (Å²) in [6.07, 6.45) is 1.74. The zero-order valence-electron chi connectivity index (χ0n) is 20.7. The minimum Gasteiger partial charge on any atom is -0.497 e. The van der Waals surface area contributed by atoms with Crippen molar-refractivity contribution in [2.75, 3.05) is 71.7 Å². The molecule has 0 saturated carbocycles. The van der Waals surface area contributed by atoms with E-state index in [0.29, 0.717) is 26.4 Å². The van der Waals surface area contributed by atoms with E-state index in [1.54, 1.807) is 19.1 Å². The number of ether oxygens (including phenoxy) is 3. The van der Waals surface area contributed by atoms with Gasteiger partial charge in [0.05, 0.1) is 46.6 Å². The predicted octanol–water partition coefficient (Wildman–Crippen LogP) is 4.37. The molecule has 0 bridgehead atoms. The number of primary amides is 1. The third kappa shape index (κ3) is 9.14. The van der Waals surface area contributed by atoms with E-state index in [4.69, 9.17) is 31.5 Å². The lowest BCUT2D eigenvalue weighted by atomic mass is 10.1. The molecule has 2 N–H and O–H groups in total. The van der Waals surface area contributed by atoms with Gasteiger partial charge in [-0.05, 0) is 48.9 Å². The van der Waals surface area contributed by atoms with Gasteiger partial charge in [-0.1, -0.05) is 23.7 Å². The van der Waals surface area contributed by atoms with Crippen LogP contribution in [-0.4, -0.2) is 77.3 Å². The SMILES string of the molecule is CC[N+](CCCN(C(N)=O)c1ccc(OC)cc1)(CCOCCOC)CCc1cccc(Cl)c1. The van der Waals surface area contributed by atoms with Gasteiger partial charge in [0.15, 0.2) is 0 Å². The van der Waals surface area contributed by atoms with Crippen molar-refractivity contribution in [1.82, 2.24) is 0 Å². The maximum absolute atomic E-state index is 12.2. The molecular weight excluding hydrogens is 454 g/mol. The Morgan fingerprint density at radius 3 is 2.41 bits per heavy atom. The number of hydrogen-bond acceptors (Lipinski definition) is 4. The highest BCUT2D eigenvalue weighted by Gasteiger charge is 2.26. The van der Waals surface area contributed by atoms with Crippen LogP contribution in [0.15, 0.2) is 48.5 Å². The number of halogens is 1. The van der Waals surface area contributed by atoms with Gasteiger partial charge < -0.3 is 24.4 Å². The summed E-state index contributed by atoms with van der Waals surface area (Å²) >= 11 is 6.19. The van der Waals surface area contributed by atoms with Crippen LogP contribution in [-0.2, 0) is 15.9 Å². The van der Waals surface area contributed by atoms with E-state index in [2.05, 4.69) is 13.0 Å². The number of amides is 2. The molecule has 0 spiro atoms. The first-order valence-electron chi connectivity index (χ1n) is 11.8. The Hall–Kier alpha value is -2.32. The number of carbonyl (C=O) groups is 1. The van der Waals surface area contributed by atoms with Crippen molar-refractivity contribution in [2.45, 2.75) is 19.8 Å². The predicted molar refractivity (Wildman–Crippen MR) is 138 cm³/mol. The van der Waals surface area contributed by atoms with Crippen molar-refractivity contribution >= 4 is 23.3 Å². The molecule has 0 aliphatic rings. The highest BCUT2D eigenvalue weighted by molar-refractivity contribution is 6.30. The first-order chi connectivity index (χ1) is 16.4. The molecule has 188 valence electrons. The van der Waals surface area contributed by atoms with Crippen LogP contribution in [0.3, 0.4) is 0 Å². The number of carbonyl (C=O) groups excluding carboxylic acids is 1. The van der Waals surface area contributed by atoms with Gasteiger partial charge in [-0.25, -0.2) is 4.79 Å². The summed E-state index contributed by atoms with van der Waals surface area (Å²) in [6, 6.07) is 15.0. The van der Waals surface area contributed by atoms with Crippen LogP contribution < -0.4 is 15.4 Å². The lowest BCUT2D eigenvalue weighted by Crippen LogP contribution is -2.52. The topological polar surface area (TPSA) is 74.0 Å². The third-order valence-corrected chi connectivity index (χ3v) is 6.48. The van der Waals surface area contributed by atoms with Crippen molar-refractivity contribution in [1.29, 1.82) is 0 Å². The number of urea groups is 1. The molecule has 0 fully saturated rings. The van der Waals surface area contributed by atoms with E-state index < -0.39 is 6.03 Å². The summed E-state index contributed by atoms with van der Waals surface area (Å²) in [5, 5.41) is 0.756. The highest BCUT2D eigenvalue weighted by Crippen LogP contribution is 2.20. The van der Waals surface area contributed by atoms with Crippen LogP contribution in [0.4, 0.5) is 10.5 Å². The van der Waals surface area contributed by atoms with Gasteiger partial charge in [0, 0.05) is 37.2 Å². The Balaban J connectivity index is 2.05. The van der Waals surface area contributed by atoms with E-state index in [0.717, 1.165) is 60.0 Å². The van der Waals surface area contributed by atoms with Crippen molar-refractivity contribution in [2.24, 2.45) is 5.73 Å². The maximum Gasteiger partial charge on any atom is 0.319 e. The van der Waals surface area contributed by atoms with Crippen LogP contribution in [0.25, 0.3) is 0 Å². The van der Waals surface area contributed by atoms with Crippen LogP contribution in [0.1, 0.15) is 18.9 Å². The second-order valence-electron chi connectivity index (χ2n) is 8.36. The van der Waals surface area contributed by atoms with Gasteiger partial charge in [0.1, 0.15) is 12.3 Å². The molecule has 0 aliphatic carbocycles. The van der Waals surface area contributed by atoms with Crippen molar-refractivity contribution in [3.8, 4) is 5.75 Å². The number of benzene rings is 2. The summed E-state index contributed by atoms with van der Waals surface area (Å²) in [5.74, 6) is 0.740. The lowest BCUT2D eigenvalue weighted by molar-refractivity contribution is -0.926. The summed E-state index contributed by atoms with van der Waals surface area (Å²) < 4.78 is 17.0. The Morgan fingerprint density at radius 2 is 1.79 bits per heavy atom. The lowest BCUT2D eigenvalue weighted by Gasteiger charge is -2.38. The van der Waals surface area contributed by atoms with Crippen LogP contribution >= 0.6 is 11.6 Å². The first kappa shape index (κ1) is 27.9. The fraction of sp³-hybridized carbons (Fsp3) is 0.500. The maximum atomic E-state index is 12.2. The quantitative estimate of drug-likeness (QED) is 0.279. The van der Waals surface area contributed by atoms with Gasteiger partial charge in [-0.15, -0.1) is 0 Å². The summed E-state index contributed by atoms with van der Waals surface area (Å²) in [7, 11) is 3.29. The molecule has 0 heterocycles. The summed E-state index contributed by atoms with van der Waals surface area (Å²) in [4.78, 5) is 13.8. The van der Waals surface area contributed by atoms with Gasteiger partial charge in [0.25, 0.3) is 0 Å². The molecule has 0 aromatic heterocycles. The zero-order chi connectivity index (χ0) is 24.8. The molecule has 0 radical (unpaired) electrons. The van der Waals surface area contributed by atoms with E-state index in [1.807, 2.05) is 42.5 Å². The number of likely N-dealkylation sites (N-methyl/N-ethyl adjacent to an activating group) is 1. The number of methoxy groups -OCH3 is 2. The van der Waals surface area contributed by atoms with Gasteiger partial charge >= 0.3 is 6.03 Å². The molecule has 1 atom stereocenters. The van der Waals surface area contributed by atoms with Crippen LogP contribution in [0, 0.1) is 0 Å². The molecule has 8 heteroatoms. The van der Waals surface area contributed by atoms with E-state index in [9.17, 15) is 4.79 Å². The molecule has 0 saturated heterocycles. The third-order valence-electron chi connectivity index (χ3n) is 6.24. The molecule has 1 unspecified atom stereocenters. The highest BCUT2D eigenvalue weighted by atomic mass is 35.5. The van der Waals surface area contributed by atoms with Crippen molar-refractivity contribution in [3.63, 3.8) is 0 Å². The smallest absolute Gasteiger partial charge is 0.319 e. The largest absolute Gasteiger partial charge is 0.497 e. The molecule has 2 rings (SSSR count). The normalized spacial score (nSPS) is 12.8. The van der Waals surface area contributed by atoms with Crippen molar-refractivity contribution in [3.05, 3.63) is 59.1 Å². The molecule has 2 aromatic rings. The molecule has 2 aromatic carbocycles. The molecule has 7 nitrogen and oxygen atoms in total. The average molecular weight is 493 g/mol. The second-order valence-corrected chi connectivity index (χ2v) is 8.79. The van der Waals surface area contributed by atoms with Crippen molar-refractivity contribution < 1.29 is 23.5 Å². The van der Waals surface area contributed by atoms with E-state index in [1.165, 1.54) is 5.56 Å².